The molecule has 0 aliphatic heterocycles. The zero-order valence-electron chi connectivity index (χ0n) is 16.5. The van der Waals surface area contributed by atoms with Crippen LogP contribution in [0.4, 0.5) is 10.5 Å². The molecule has 1 aromatic heterocycles. The molecule has 10 heteroatoms. The van der Waals surface area contributed by atoms with Crippen LogP contribution in [0.5, 0.6) is 0 Å². The Balaban J connectivity index is 1.75. The molecule has 2 amide bonds. The third-order valence-electron chi connectivity index (χ3n) is 4.30. The van der Waals surface area contributed by atoms with Gasteiger partial charge >= 0.3 is 6.03 Å². The molecule has 0 fully saturated rings. The molecule has 158 valence electrons. The van der Waals surface area contributed by atoms with E-state index >= 15 is 0 Å². The maximum absolute atomic E-state index is 11.9. The zero-order valence-corrected chi connectivity index (χ0v) is 18.1. The first-order valence-electron chi connectivity index (χ1n) is 9.16. The Morgan fingerprint density at radius 2 is 1.87 bits per heavy atom. The lowest BCUT2D eigenvalue weighted by Gasteiger charge is -2.06. The van der Waals surface area contributed by atoms with Crippen molar-refractivity contribution < 1.29 is 13.2 Å². The molecule has 2 aromatic carbocycles. The van der Waals surface area contributed by atoms with E-state index in [0.29, 0.717) is 16.3 Å². The average Bonchev–Trinajstić information content (AvgIpc) is 3.24. The van der Waals surface area contributed by atoms with Crippen molar-refractivity contribution in [2.75, 3.05) is 5.32 Å². The van der Waals surface area contributed by atoms with E-state index in [1.54, 1.807) is 4.72 Å². The number of rotatable bonds is 7. The minimum Gasteiger partial charge on any atom is -0.360 e. The predicted octanol–water partition coefficient (Wildman–Crippen LogP) is 3.71. The Morgan fingerprint density at radius 1 is 1.19 bits per heavy atom. The second kappa shape index (κ2) is 9.42. The third-order valence-corrected chi connectivity index (χ3v) is 6.53. The summed E-state index contributed by atoms with van der Waals surface area (Å²) in [6.45, 7) is 2.09. The lowest BCUT2D eigenvalue weighted by Crippen LogP contribution is -2.34. The van der Waals surface area contributed by atoms with Gasteiger partial charge in [0.15, 0.2) is 0 Å². The number of allylic oxidation sites excluding steroid dienone is 1. The average molecular weight is 454 g/mol. The van der Waals surface area contributed by atoms with Crippen molar-refractivity contribution in [1.29, 1.82) is 5.26 Å². The number of urea groups is 1. The molecule has 0 radical (unpaired) electrons. The van der Waals surface area contributed by atoms with Crippen LogP contribution in [0.2, 0.25) is 0 Å². The van der Waals surface area contributed by atoms with Crippen molar-refractivity contribution in [3.05, 3.63) is 70.7 Å². The number of primary amides is 1. The Hall–Kier alpha value is -3.68. The summed E-state index contributed by atoms with van der Waals surface area (Å²) in [7, 11) is -4.01. The number of nitrogens with two attached hydrogens (primary N) is 1. The maximum Gasteiger partial charge on any atom is 0.326 e. The molecule has 0 saturated heterocycles. The summed E-state index contributed by atoms with van der Waals surface area (Å²) in [6.07, 6.45) is 2.47. The van der Waals surface area contributed by atoms with Crippen LogP contribution in [-0.4, -0.2) is 19.4 Å². The number of aryl methyl sites for hydroxylation is 1. The molecule has 3 rings (SSSR count). The number of anilines is 1. The van der Waals surface area contributed by atoms with Crippen LogP contribution in [-0.2, 0) is 16.4 Å². The molecule has 1 heterocycles. The summed E-state index contributed by atoms with van der Waals surface area (Å²) in [4.78, 5) is 15.2. The smallest absolute Gasteiger partial charge is 0.326 e. The van der Waals surface area contributed by atoms with Crippen LogP contribution in [0.25, 0.3) is 16.8 Å². The SMILES string of the molecule is CCc1ccc(-c2csc(C(C#N)=CNc3ccc(S(=O)(=O)NC(N)=O)cc3)n2)cc1. The minimum atomic E-state index is -4.01. The van der Waals surface area contributed by atoms with Gasteiger partial charge in [-0.3, -0.25) is 0 Å². The highest BCUT2D eigenvalue weighted by Gasteiger charge is 2.15. The monoisotopic (exact) mass is 453 g/mol. The number of benzene rings is 2. The molecule has 8 nitrogen and oxygen atoms in total. The Kier molecular flexibility index (Phi) is 6.69. The summed E-state index contributed by atoms with van der Waals surface area (Å²) < 4.78 is 25.5. The Labute approximate surface area is 184 Å². The molecule has 0 bridgehead atoms. The van der Waals surface area contributed by atoms with E-state index in [1.807, 2.05) is 17.5 Å². The number of hydrogen-bond donors (Lipinski definition) is 3. The number of thiazole rings is 1. The van der Waals surface area contributed by atoms with Gasteiger partial charge in [0.25, 0.3) is 10.0 Å². The number of nitrogens with zero attached hydrogens (tertiary/aromatic N) is 2. The van der Waals surface area contributed by atoms with E-state index in [-0.39, 0.29) is 4.90 Å². The Morgan fingerprint density at radius 3 is 2.45 bits per heavy atom. The third kappa shape index (κ3) is 5.48. The van der Waals surface area contributed by atoms with Crippen LogP contribution in [0.1, 0.15) is 17.5 Å². The number of carbonyl (C=O) groups is 1. The Bertz CT molecular complexity index is 1260. The maximum atomic E-state index is 11.9. The van der Waals surface area contributed by atoms with Crippen molar-refractivity contribution in [2.45, 2.75) is 18.2 Å². The van der Waals surface area contributed by atoms with Gasteiger partial charge in [-0.15, -0.1) is 11.3 Å². The van der Waals surface area contributed by atoms with Crippen LogP contribution in [0.3, 0.4) is 0 Å². The molecule has 0 aliphatic rings. The first-order chi connectivity index (χ1) is 14.8. The van der Waals surface area contributed by atoms with Gasteiger partial charge < -0.3 is 11.1 Å². The van der Waals surface area contributed by atoms with E-state index in [0.717, 1.165) is 17.7 Å². The number of nitrogens with one attached hydrogen (secondary N) is 2. The summed E-state index contributed by atoms with van der Waals surface area (Å²) in [6, 6.07) is 14.7. The van der Waals surface area contributed by atoms with Crippen LogP contribution < -0.4 is 15.8 Å². The predicted molar refractivity (Wildman–Crippen MR) is 120 cm³/mol. The summed E-state index contributed by atoms with van der Waals surface area (Å²) in [5.74, 6) is 0. The van der Waals surface area contributed by atoms with Gasteiger partial charge in [-0.05, 0) is 36.2 Å². The molecule has 0 atom stereocenters. The normalized spacial score (nSPS) is 11.5. The number of carbonyl (C=O) groups excluding carboxylic acids is 1. The fourth-order valence-electron chi connectivity index (χ4n) is 2.66. The van der Waals surface area contributed by atoms with E-state index in [9.17, 15) is 18.5 Å². The lowest BCUT2D eigenvalue weighted by molar-refractivity contribution is 0.253. The molecular weight excluding hydrogens is 434 g/mol. The fourth-order valence-corrected chi connectivity index (χ4v) is 4.33. The quantitative estimate of drug-likeness (QED) is 0.466. The lowest BCUT2D eigenvalue weighted by atomic mass is 10.1. The summed E-state index contributed by atoms with van der Waals surface area (Å²) >= 11 is 1.36. The summed E-state index contributed by atoms with van der Waals surface area (Å²) in [5.41, 5.74) is 8.77. The van der Waals surface area contributed by atoms with E-state index in [4.69, 9.17) is 5.73 Å². The van der Waals surface area contributed by atoms with E-state index < -0.39 is 16.1 Å². The van der Waals surface area contributed by atoms with E-state index in [2.05, 4.69) is 35.4 Å². The first kappa shape index (κ1) is 22.0. The number of amides is 2. The van der Waals surface area contributed by atoms with Gasteiger partial charge in [-0.2, -0.15) is 5.26 Å². The highest BCUT2D eigenvalue weighted by molar-refractivity contribution is 7.90. The van der Waals surface area contributed by atoms with Crippen molar-refractivity contribution in [2.24, 2.45) is 5.73 Å². The molecule has 3 aromatic rings. The van der Waals surface area contributed by atoms with Gasteiger partial charge in [-0.25, -0.2) is 22.9 Å². The largest absolute Gasteiger partial charge is 0.360 e. The summed E-state index contributed by atoms with van der Waals surface area (Å²) in [5, 5.41) is 14.9. The molecular formula is C21H19N5O3S2. The van der Waals surface area contributed by atoms with Gasteiger partial charge in [0, 0.05) is 22.8 Å². The van der Waals surface area contributed by atoms with Gasteiger partial charge in [0.2, 0.25) is 0 Å². The van der Waals surface area contributed by atoms with Gasteiger partial charge in [0.05, 0.1) is 10.6 Å². The fraction of sp³-hybridized carbons (Fsp3) is 0.0952. The van der Waals surface area contributed by atoms with Crippen molar-refractivity contribution in [1.82, 2.24) is 9.71 Å². The number of nitriles is 1. The van der Waals surface area contributed by atoms with Gasteiger partial charge in [-0.1, -0.05) is 31.2 Å². The molecule has 0 aliphatic carbocycles. The van der Waals surface area contributed by atoms with Crippen LogP contribution in [0, 0.1) is 11.3 Å². The highest BCUT2D eigenvalue weighted by Crippen LogP contribution is 2.26. The van der Waals surface area contributed by atoms with Crippen LogP contribution >= 0.6 is 11.3 Å². The van der Waals surface area contributed by atoms with Crippen LogP contribution in [0.15, 0.2) is 65.0 Å². The number of aromatic nitrogens is 1. The van der Waals surface area contributed by atoms with Crippen molar-refractivity contribution in [3.8, 4) is 17.3 Å². The zero-order chi connectivity index (χ0) is 22.4. The van der Waals surface area contributed by atoms with Crippen molar-refractivity contribution in [3.63, 3.8) is 0 Å². The highest BCUT2D eigenvalue weighted by atomic mass is 32.2. The molecule has 0 spiro atoms. The first-order valence-corrected chi connectivity index (χ1v) is 11.5. The van der Waals surface area contributed by atoms with E-state index in [1.165, 1.54) is 47.4 Å². The molecule has 31 heavy (non-hydrogen) atoms. The number of hydrogen-bond acceptors (Lipinski definition) is 7. The van der Waals surface area contributed by atoms with Gasteiger partial charge in [0.1, 0.15) is 16.6 Å². The molecule has 0 unspecified atom stereocenters. The second-order valence-electron chi connectivity index (χ2n) is 6.40. The standard InChI is InChI=1S/C21H19N5O3S2/c1-2-14-3-5-15(6-4-14)19-13-30-20(25-19)16(11-22)12-24-17-7-9-18(10-8-17)31(28,29)26-21(23)27/h3-10,12-13,24H,2H2,1H3,(H3,23,26,27). The second-order valence-corrected chi connectivity index (χ2v) is 8.94. The van der Waals surface area contributed by atoms with Crippen molar-refractivity contribution >= 4 is 38.7 Å². The number of sulfonamides is 1. The molecule has 0 saturated carbocycles. The molecule has 4 N–H and O–H groups in total. The minimum absolute atomic E-state index is 0.111. The topological polar surface area (TPSA) is 138 Å².